The average molecular weight is 395 g/mol. The van der Waals surface area contributed by atoms with Gasteiger partial charge in [-0.05, 0) is 25.0 Å². The molecular formula is C24H17N3O3. The zero-order valence-electron chi connectivity index (χ0n) is 16.0. The number of ketones is 2. The molecule has 6 nitrogen and oxygen atoms in total. The monoisotopic (exact) mass is 395 g/mol. The maximum Gasteiger partial charge on any atom is 0.238 e. The number of carbonyl (C=O) groups excluding carboxylic acids is 2. The summed E-state index contributed by atoms with van der Waals surface area (Å²) >= 11 is 0. The van der Waals surface area contributed by atoms with E-state index in [0.29, 0.717) is 36.0 Å². The number of benzene rings is 2. The summed E-state index contributed by atoms with van der Waals surface area (Å²) in [5, 5.41) is 10.1. The van der Waals surface area contributed by atoms with Crippen molar-refractivity contribution in [3.63, 3.8) is 0 Å². The topological polar surface area (TPSA) is 96.4 Å². The Morgan fingerprint density at radius 3 is 2.53 bits per heavy atom. The lowest BCUT2D eigenvalue weighted by Gasteiger charge is -2.41. The van der Waals surface area contributed by atoms with E-state index in [0.717, 1.165) is 11.4 Å². The lowest BCUT2D eigenvalue weighted by Crippen LogP contribution is -2.52. The Morgan fingerprint density at radius 1 is 1.03 bits per heavy atom. The first-order valence-electron chi connectivity index (χ1n) is 9.94. The van der Waals surface area contributed by atoms with Gasteiger partial charge in [0.15, 0.2) is 17.0 Å². The molecule has 6 rings (SSSR count). The zero-order valence-corrected chi connectivity index (χ0v) is 16.0. The van der Waals surface area contributed by atoms with Gasteiger partial charge in [0.1, 0.15) is 11.6 Å². The fourth-order valence-electron chi connectivity index (χ4n) is 5.81. The molecule has 2 aliphatic heterocycles. The van der Waals surface area contributed by atoms with Crippen molar-refractivity contribution in [1.29, 1.82) is 5.26 Å². The second kappa shape index (κ2) is 5.39. The summed E-state index contributed by atoms with van der Waals surface area (Å²) < 4.78 is 6.34. The third kappa shape index (κ3) is 1.56. The van der Waals surface area contributed by atoms with Crippen molar-refractivity contribution >= 4 is 17.3 Å². The van der Waals surface area contributed by atoms with Gasteiger partial charge in [0, 0.05) is 34.5 Å². The number of Topliss-reactive ketones (excluding diaryl/α,β-unsaturated/α-hetero) is 2. The molecule has 0 fully saturated rings. The standard InChI is InChI=1S/C24H17N3O3/c25-13-17-22(26)30-24-16-10-5-4-9-15(16)21(29)23(17,24)20-18(11-6-12-19(20)28)27(24)14-7-2-1-3-8-14/h1-5,7-10H,6,11-12,26H2/t23-,24-/m1/s1. The third-order valence-corrected chi connectivity index (χ3v) is 6.74. The first kappa shape index (κ1) is 17.0. The van der Waals surface area contributed by atoms with Crippen LogP contribution >= 0.6 is 0 Å². The molecule has 6 heteroatoms. The summed E-state index contributed by atoms with van der Waals surface area (Å²) in [5.41, 5.74) is 6.28. The van der Waals surface area contributed by atoms with Crippen LogP contribution < -0.4 is 10.6 Å². The molecule has 0 radical (unpaired) electrons. The van der Waals surface area contributed by atoms with Crippen LogP contribution in [0.5, 0.6) is 0 Å². The number of ether oxygens (including phenoxy) is 1. The summed E-state index contributed by atoms with van der Waals surface area (Å²) in [4.78, 5) is 29.3. The van der Waals surface area contributed by atoms with E-state index in [4.69, 9.17) is 10.5 Å². The van der Waals surface area contributed by atoms with Crippen LogP contribution in [0.1, 0.15) is 35.2 Å². The number of nitriles is 1. The average Bonchev–Trinajstić information content (AvgIpc) is 3.25. The number of nitrogens with zero attached hydrogens (tertiary/aromatic N) is 2. The van der Waals surface area contributed by atoms with Crippen molar-refractivity contribution in [2.45, 2.75) is 25.0 Å². The number of hydrogen-bond acceptors (Lipinski definition) is 6. The molecule has 2 heterocycles. The number of carbonyl (C=O) groups is 2. The predicted molar refractivity (Wildman–Crippen MR) is 108 cm³/mol. The SMILES string of the molecule is N#CC1=C(N)O[C@]23c4ccccc4C(=O)[C@]12C1=C(CCCC1=O)N3c1ccccc1. The van der Waals surface area contributed by atoms with Gasteiger partial charge in [-0.3, -0.25) is 9.59 Å². The molecule has 4 aliphatic rings. The smallest absolute Gasteiger partial charge is 0.238 e. The molecule has 0 amide bonds. The van der Waals surface area contributed by atoms with Crippen LogP contribution in [0.15, 0.2) is 77.3 Å². The Balaban J connectivity index is 1.81. The van der Waals surface area contributed by atoms with Crippen molar-refractivity contribution in [2.24, 2.45) is 11.1 Å². The Morgan fingerprint density at radius 2 is 1.77 bits per heavy atom. The van der Waals surface area contributed by atoms with Crippen molar-refractivity contribution < 1.29 is 14.3 Å². The minimum absolute atomic E-state index is 0.0323. The van der Waals surface area contributed by atoms with Crippen LogP contribution in [0.2, 0.25) is 0 Å². The highest BCUT2D eigenvalue weighted by molar-refractivity contribution is 6.20. The van der Waals surface area contributed by atoms with E-state index in [2.05, 4.69) is 6.07 Å². The Hall–Kier alpha value is -3.85. The predicted octanol–water partition coefficient (Wildman–Crippen LogP) is 3.27. The number of fused-ring (bicyclic) bond motifs is 1. The molecule has 0 spiro atoms. The molecule has 2 aliphatic carbocycles. The molecular weight excluding hydrogens is 378 g/mol. The number of nitrogens with two attached hydrogens (primary N) is 1. The van der Waals surface area contributed by atoms with Crippen LogP contribution in [0.3, 0.4) is 0 Å². The van der Waals surface area contributed by atoms with Crippen LogP contribution in [0.25, 0.3) is 0 Å². The zero-order chi connectivity index (χ0) is 20.7. The maximum atomic E-state index is 14.0. The molecule has 0 saturated carbocycles. The van der Waals surface area contributed by atoms with E-state index >= 15 is 0 Å². The van der Waals surface area contributed by atoms with Gasteiger partial charge in [-0.1, -0.05) is 42.5 Å². The molecule has 2 aromatic carbocycles. The summed E-state index contributed by atoms with van der Waals surface area (Å²) in [6.45, 7) is 0. The van der Waals surface area contributed by atoms with Gasteiger partial charge in [0.25, 0.3) is 0 Å². The van der Waals surface area contributed by atoms with Crippen LogP contribution in [0, 0.1) is 16.7 Å². The molecule has 30 heavy (non-hydrogen) atoms. The Kier molecular flexibility index (Phi) is 3.06. The normalized spacial score (nSPS) is 28.7. The van der Waals surface area contributed by atoms with E-state index < -0.39 is 11.1 Å². The molecule has 0 bridgehead atoms. The van der Waals surface area contributed by atoms with Crippen LogP contribution in [0.4, 0.5) is 5.69 Å². The number of anilines is 1. The highest BCUT2D eigenvalue weighted by Crippen LogP contribution is 2.72. The Bertz CT molecular complexity index is 1270. The van der Waals surface area contributed by atoms with Gasteiger partial charge >= 0.3 is 0 Å². The Labute approximate surface area is 172 Å². The van der Waals surface area contributed by atoms with Gasteiger partial charge in [0.05, 0.1) is 0 Å². The molecule has 2 atom stereocenters. The van der Waals surface area contributed by atoms with Gasteiger partial charge in [-0.2, -0.15) is 5.26 Å². The molecule has 0 aromatic heterocycles. The first-order chi connectivity index (χ1) is 14.6. The third-order valence-electron chi connectivity index (χ3n) is 6.74. The largest absolute Gasteiger partial charge is 0.446 e. The van der Waals surface area contributed by atoms with Gasteiger partial charge in [-0.15, -0.1) is 0 Å². The minimum Gasteiger partial charge on any atom is -0.446 e. The van der Waals surface area contributed by atoms with Crippen molar-refractivity contribution in [1.82, 2.24) is 0 Å². The van der Waals surface area contributed by atoms with Crippen LogP contribution in [-0.2, 0) is 15.3 Å². The van der Waals surface area contributed by atoms with E-state index in [1.54, 1.807) is 12.1 Å². The van der Waals surface area contributed by atoms with Crippen molar-refractivity contribution in [2.75, 3.05) is 4.90 Å². The second-order valence-corrected chi connectivity index (χ2v) is 7.99. The number of hydrogen-bond donors (Lipinski definition) is 1. The molecule has 0 unspecified atom stereocenters. The number of para-hydroxylation sites is 1. The van der Waals surface area contributed by atoms with Gasteiger partial charge in [-0.25, -0.2) is 0 Å². The van der Waals surface area contributed by atoms with Gasteiger partial charge in [0.2, 0.25) is 11.6 Å². The lowest BCUT2D eigenvalue weighted by molar-refractivity contribution is -0.117. The van der Waals surface area contributed by atoms with Crippen LogP contribution in [-0.4, -0.2) is 11.6 Å². The van der Waals surface area contributed by atoms with E-state index in [1.165, 1.54) is 0 Å². The minimum atomic E-state index is -1.57. The van der Waals surface area contributed by atoms with E-state index in [-0.39, 0.29) is 23.0 Å². The summed E-state index contributed by atoms with van der Waals surface area (Å²) in [6, 6.07) is 18.9. The summed E-state index contributed by atoms with van der Waals surface area (Å²) in [7, 11) is 0. The van der Waals surface area contributed by atoms with E-state index in [9.17, 15) is 14.9 Å². The fourth-order valence-corrected chi connectivity index (χ4v) is 5.81. The molecule has 0 saturated heterocycles. The molecule has 146 valence electrons. The first-order valence-corrected chi connectivity index (χ1v) is 9.94. The lowest BCUT2D eigenvalue weighted by atomic mass is 9.66. The number of allylic oxidation sites excluding steroid dienone is 1. The van der Waals surface area contributed by atoms with Crippen molar-refractivity contribution in [3.8, 4) is 6.07 Å². The summed E-state index contributed by atoms with van der Waals surface area (Å²) in [6.07, 6.45) is 1.64. The summed E-state index contributed by atoms with van der Waals surface area (Å²) in [5.74, 6) is -0.506. The highest BCUT2D eigenvalue weighted by Gasteiger charge is 2.81. The molecule has 2 aromatic rings. The van der Waals surface area contributed by atoms with E-state index in [1.807, 2.05) is 47.4 Å². The maximum absolute atomic E-state index is 14.0. The molecule has 2 N–H and O–H groups in total. The van der Waals surface area contributed by atoms with Gasteiger partial charge < -0.3 is 15.4 Å². The quantitative estimate of drug-likeness (QED) is 0.796. The second-order valence-electron chi connectivity index (χ2n) is 7.99. The highest BCUT2D eigenvalue weighted by atomic mass is 16.5. The van der Waals surface area contributed by atoms with Crippen molar-refractivity contribution in [3.05, 3.63) is 88.5 Å². The number of rotatable bonds is 1. The fraction of sp³-hybridized carbons (Fsp3) is 0.208.